The number of ether oxygens (including phenoxy) is 2. The Morgan fingerprint density at radius 1 is 0.889 bits per heavy atom. The van der Waals surface area contributed by atoms with Crippen LogP contribution >= 0.6 is 7.37 Å². The van der Waals surface area contributed by atoms with Crippen LogP contribution in [-0.4, -0.2) is 81.8 Å². The number of hydrogen-bond acceptors (Lipinski definition) is 8. The van der Waals surface area contributed by atoms with Crippen molar-refractivity contribution in [1.29, 1.82) is 0 Å². The second-order valence-corrected chi connectivity index (χ2v) is 16.4. The van der Waals surface area contributed by atoms with E-state index in [2.05, 4.69) is 0 Å². The zero-order valence-electron chi connectivity index (χ0n) is 27.7. The molecule has 1 saturated heterocycles. The predicted molar refractivity (Wildman–Crippen MR) is 175 cm³/mol. The summed E-state index contributed by atoms with van der Waals surface area (Å²) >= 11 is 0. The molecule has 0 radical (unpaired) electrons. The Balaban J connectivity index is 1.76. The largest absolute Gasteiger partial charge is 0.480 e. The number of carbonyl (C=O) groups is 3. The van der Waals surface area contributed by atoms with E-state index in [9.17, 15) is 24.1 Å². The molecule has 1 N–H and O–H groups in total. The van der Waals surface area contributed by atoms with Crippen molar-refractivity contribution < 1.29 is 38.1 Å². The zero-order chi connectivity index (χ0) is 33.5. The van der Waals surface area contributed by atoms with Crippen molar-refractivity contribution in [2.75, 3.05) is 32.4 Å². The molecule has 11 heteroatoms. The monoisotopic (exact) mass is 644 g/mol. The lowest BCUT2D eigenvalue weighted by molar-refractivity contribution is -0.141. The highest BCUT2D eigenvalue weighted by atomic mass is 31.2. The zero-order valence-corrected chi connectivity index (χ0v) is 28.6. The summed E-state index contributed by atoms with van der Waals surface area (Å²) in [4.78, 5) is 41.7. The van der Waals surface area contributed by atoms with Crippen molar-refractivity contribution in [1.82, 2.24) is 9.80 Å². The molecule has 2 unspecified atom stereocenters. The van der Waals surface area contributed by atoms with Crippen LogP contribution in [-0.2, 0) is 29.9 Å². The number of rotatable bonds is 11. The lowest BCUT2D eigenvalue weighted by Gasteiger charge is -2.45. The van der Waals surface area contributed by atoms with Crippen molar-refractivity contribution in [2.45, 2.75) is 90.6 Å². The highest BCUT2D eigenvalue weighted by Crippen LogP contribution is 2.63. The second-order valence-electron chi connectivity index (χ2n) is 13.5. The number of benzene rings is 2. The molecule has 10 nitrogen and oxygen atoms in total. The SMILES string of the molecule is CCOP1(=O)CCN(Cc2ccc(-c3ccccc3)cc2)CC1(CCCCN(C(=O)OC(C)(C)C)C(=O)OC(C)(C)C)C(=O)O. The molecule has 45 heavy (non-hydrogen) atoms. The summed E-state index contributed by atoms with van der Waals surface area (Å²) in [7, 11) is -3.60. The molecule has 1 fully saturated rings. The minimum absolute atomic E-state index is 0.0457. The lowest BCUT2D eigenvalue weighted by atomic mass is 9.98. The average molecular weight is 645 g/mol. The number of unbranched alkanes of at least 4 members (excludes halogenated alkanes) is 1. The van der Waals surface area contributed by atoms with Gasteiger partial charge in [0, 0.05) is 32.3 Å². The van der Waals surface area contributed by atoms with Crippen LogP contribution in [0.25, 0.3) is 11.1 Å². The van der Waals surface area contributed by atoms with E-state index in [1.54, 1.807) is 48.5 Å². The maximum absolute atomic E-state index is 14.2. The average Bonchev–Trinajstić information content (AvgIpc) is 2.93. The first-order valence-electron chi connectivity index (χ1n) is 15.6. The van der Waals surface area contributed by atoms with E-state index in [1.807, 2.05) is 59.5 Å². The Hall–Kier alpha value is -3.20. The molecule has 0 aliphatic carbocycles. The van der Waals surface area contributed by atoms with Gasteiger partial charge in [-0.2, -0.15) is 0 Å². The molecule has 1 aliphatic heterocycles. The van der Waals surface area contributed by atoms with Gasteiger partial charge in [0.1, 0.15) is 11.2 Å². The maximum Gasteiger partial charge on any atom is 0.419 e. The van der Waals surface area contributed by atoms with E-state index in [4.69, 9.17) is 14.0 Å². The number of hydrogen-bond donors (Lipinski definition) is 1. The third kappa shape index (κ3) is 9.89. The molecule has 1 aliphatic rings. The summed E-state index contributed by atoms with van der Waals surface area (Å²) in [6, 6.07) is 18.2. The van der Waals surface area contributed by atoms with E-state index in [1.165, 1.54) is 0 Å². The fourth-order valence-corrected chi connectivity index (χ4v) is 8.39. The minimum Gasteiger partial charge on any atom is -0.480 e. The fraction of sp³-hybridized carbons (Fsp3) is 0.559. The first-order chi connectivity index (χ1) is 21.0. The van der Waals surface area contributed by atoms with Gasteiger partial charge in [-0.1, -0.05) is 54.6 Å². The molecule has 3 rings (SSSR count). The molecule has 2 amide bonds. The summed E-state index contributed by atoms with van der Waals surface area (Å²) in [6.45, 7) is 13.0. The van der Waals surface area contributed by atoms with Crippen LogP contribution in [0.15, 0.2) is 54.6 Å². The topological polar surface area (TPSA) is 123 Å². The van der Waals surface area contributed by atoms with Crippen LogP contribution in [0, 0.1) is 0 Å². The van der Waals surface area contributed by atoms with Crippen molar-refractivity contribution in [3.05, 3.63) is 60.2 Å². The molecule has 2 aromatic rings. The number of imide groups is 1. The van der Waals surface area contributed by atoms with Crippen LogP contribution in [0.4, 0.5) is 9.59 Å². The first-order valence-corrected chi connectivity index (χ1v) is 17.4. The van der Waals surface area contributed by atoms with Crippen LogP contribution in [0.1, 0.15) is 73.3 Å². The molecule has 0 saturated carbocycles. The molecule has 1 heterocycles. The van der Waals surface area contributed by atoms with E-state index in [0.717, 1.165) is 21.6 Å². The molecule has 0 spiro atoms. The van der Waals surface area contributed by atoms with Gasteiger partial charge in [0.15, 0.2) is 5.16 Å². The van der Waals surface area contributed by atoms with Gasteiger partial charge in [-0.25, -0.2) is 14.5 Å². The molecule has 0 bridgehead atoms. The first kappa shape index (κ1) is 36.3. The summed E-state index contributed by atoms with van der Waals surface area (Å²) in [5.41, 5.74) is 1.56. The minimum atomic E-state index is -3.60. The number of carboxylic acids is 1. The van der Waals surface area contributed by atoms with Gasteiger partial charge in [0.05, 0.1) is 6.61 Å². The summed E-state index contributed by atoms with van der Waals surface area (Å²) in [5, 5.41) is 8.97. The Labute approximate surface area is 267 Å². The third-order valence-corrected chi connectivity index (χ3v) is 10.8. The summed E-state index contributed by atoms with van der Waals surface area (Å²) in [5.74, 6) is -1.17. The predicted octanol–water partition coefficient (Wildman–Crippen LogP) is 7.65. The Morgan fingerprint density at radius 3 is 1.96 bits per heavy atom. The number of nitrogens with zero attached hydrogens (tertiary/aromatic N) is 2. The quantitative estimate of drug-likeness (QED) is 0.194. The molecule has 2 atom stereocenters. The molecular weight excluding hydrogens is 595 g/mol. The van der Waals surface area contributed by atoms with Crippen molar-refractivity contribution in [3.63, 3.8) is 0 Å². The normalized spacial score (nSPS) is 20.8. The van der Waals surface area contributed by atoms with Gasteiger partial charge in [-0.15, -0.1) is 0 Å². The van der Waals surface area contributed by atoms with Crippen molar-refractivity contribution >= 4 is 25.5 Å². The van der Waals surface area contributed by atoms with Crippen LogP contribution in [0.5, 0.6) is 0 Å². The second kappa shape index (κ2) is 14.9. The summed E-state index contributed by atoms with van der Waals surface area (Å²) < 4.78 is 30.8. The van der Waals surface area contributed by atoms with Gasteiger partial charge in [-0.3, -0.25) is 14.3 Å². The highest BCUT2D eigenvalue weighted by molar-refractivity contribution is 7.62. The van der Waals surface area contributed by atoms with Crippen LogP contribution < -0.4 is 0 Å². The van der Waals surface area contributed by atoms with Crippen LogP contribution in [0.3, 0.4) is 0 Å². The Kier molecular flexibility index (Phi) is 12.0. The van der Waals surface area contributed by atoms with Gasteiger partial charge in [0.25, 0.3) is 0 Å². The molecular formula is C34H49N2O8P. The maximum atomic E-state index is 14.2. The number of aliphatic carboxylic acids is 1. The fourth-order valence-electron chi connectivity index (χ4n) is 5.42. The van der Waals surface area contributed by atoms with Crippen LogP contribution in [0.2, 0.25) is 0 Å². The van der Waals surface area contributed by atoms with E-state index >= 15 is 0 Å². The van der Waals surface area contributed by atoms with Gasteiger partial charge >= 0.3 is 18.2 Å². The van der Waals surface area contributed by atoms with Crippen molar-refractivity contribution in [3.8, 4) is 11.1 Å². The van der Waals surface area contributed by atoms with Gasteiger partial charge in [0.2, 0.25) is 7.37 Å². The van der Waals surface area contributed by atoms with E-state index in [-0.39, 0.29) is 45.1 Å². The smallest absolute Gasteiger partial charge is 0.419 e. The number of carbonyl (C=O) groups excluding carboxylic acids is 2. The number of carboxylic acid groups (broad SMARTS) is 1. The Morgan fingerprint density at radius 2 is 1.44 bits per heavy atom. The van der Waals surface area contributed by atoms with Crippen molar-refractivity contribution in [2.24, 2.45) is 0 Å². The molecule has 0 aromatic heterocycles. The van der Waals surface area contributed by atoms with Gasteiger partial charge < -0.3 is 19.1 Å². The molecule has 248 valence electrons. The number of amides is 2. The summed E-state index contributed by atoms with van der Waals surface area (Å²) in [6.07, 6.45) is -0.957. The third-order valence-electron chi connectivity index (χ3n) is 7.50. The lowest BCUT2D eigenvalue weighted by Crippen LogP contribution is -2.54. The standard InChI is InChI=1S/C34H49N2O8P/c1-8-42-45(41)23-22-35(24-26-16-18-28(19-17-26)27-14-10-9-11-15-27)25-34(45,29(37)38)20-12-13-21-36(30(39)43-32(2,3)4)31(40)44-33(5,6)7/h9-11,14-19H,8,12-13,20-25H2,1-7H3,(H,37,38). The van der Waals surface area contributed by atoms with E-state index < -0.39 is 41.9 Å². The highest BCUT2D eigenvalue weighted by Gasteiger charge is 2.58. The van der Waals surface area contributed by atoms with Gasteiger partial charge in [-0.05, 0) is 84.4 Å². The Bertz CT molecular complexity index is 1320. The van der Waals surface area contributed by atoms with E-state index in [0.29, 0.717) is 13.1 Å². The molecule has 2 aromatic carbocycles.